The lowest BCUT2D eigenvalue weighted by molar-refractivity contribution is -0.137. The second-order valence-corrected chi connectivity index (χ2v) is 1.57. The zero-order valence-corrected chi connectivity index (χ0v) is 4.68. The van der Waals surface area contributed by atoms with Crippen LogP contribution >= 0.6 is 0 Å². The third kappa shape index (κ3) is 1.43. The molecule has 0 aliphatic carbocycles. The van der Waals surface area contributed by atoms with Gasteiger partial charge in [0.25, 0.3) is 0 Å². The molecule has 10 heavy (non-hydrogen) atoms. The molecular weight excluding hydrogens is 145 g/mol. The first kappa shape index (κ1) is 6.98. The van der Waals surface area contributed by atoms with Crippen molar-refractivity contribution in [3.63, 3.8) is 0 Å². The van der Waals surface area contributed by atoms with E-state index in [0.717, 1.165) is 6.07 Å². The van der Waals surface area contributed by atoms with E-state index in [0.29, 0.717) is 6.20 Å². The van der Waals surface area contributed by atoms with Crippen LogP contribution in [-0.4, -0.2) is 10.2 Å². The van der Waals surface area contributed by atoms with Crippen molar-refractivity contribution >= 4 is 0 Å². The van der Waals surface area contributed by atoms with Gasteiger partial charge in [-0.2, -0.15) is 18.3 Å². The summed E-state index contributed by atoms with van der Waals surface area (Å²) in [6.45, 7) is 0. The van der Waals surface area contributed by atoms with E-state index in [-0.39, 0.29) is 0 Å². The van der Waals surface area contributed by atoms with E-state index in [2.05, 4.69) is 10.2 Å². The minimum absolute atomic E-state index is 0.649. The highest BCUT2D eigenvalue weighted by Crippen LogP contribution is 2.27. The average Bonchev–Trinajstić information content (AvgIpc) is 1.88. The number of halogens is 3. The van der Waals surface area contributed by atoms with Crippen molar-refractivity contribution in [2.45, 2.75) is 6.18 Å². The van der Waals surface area contributed by atoms with Crippen LogP contribution in [0.1, 0.15) is 5.56 Å². The first-order valence-corrected chi connectivity index (χ1v) is 2.36. The summed E-state index contributed by atoms with van der Waals surface area (Å²) in [4.78, 5) is 0. The van der Waals surface area contributed by atoms with Gasteiger partial charge in [0.1, 0.15) is 6.20 Å². The summed E-state index contributed by atoms with van der Waals surface area (Å²) in [5.74, 6) is 0. The highest BCUT2D eigenvalue weighted by Gasteiger charge is 2.30. The molecule has 0 aliphatic rings. The molecule has 1 heterocycles. The third-order valence-corrected chi connectivity index (χ3v) is 0.860. The van der Waals surface area contributed by atoms with E-state index in [4.69, 9.17) is 0 Å². The van der Waals surface area contributed by atoms with Gasteiger partial charge in [-0.15, -0.1) is 5.10 Å². The molecule has 0 saturated carbocycles. The quantitative estimate of drug-likeness (QED) is 0.552. The second-order valence-electron chi connectivity index (χ2n) is 1.57. The van der Waals surface area contributed by atoms with E-state index in [9.17, 15) is 13.2 Å². The van der Waals surface area contributed by atoms with Gasteiger partial charge in [0.2, 0.25) is 0 Å². The van der Waals surface area contributed by atoms with Crippen molar-refractivity contribution in [2.75, 3.05) is 0 Å². The number of hydrogen-bond acceptors (Lipinski definition) is 2. The van der Waals surface area contributed by atoms with E-state index >= 15 is 0 Å². The van der Waals surface area contributed by atoms with Crippen LogP contribution in [0.5, 0.6) is 0 Å². The molecule has 5 heteroatoms. The maximum Gasteiger partial charge on any atom is 0.418 e. The molecular formula is C5H2F3N2. The smallest absolute Gasteiger partial charge is 0.166 e. The molecule has 1 aromatic rings. The Morgan fingerprint density at radius 2 is 2.10 bits per heavy atom. The topological polar surface area (TPSA) is 25.8 Å². The average molecular weight is 147 g/mol. The predicted octanol–water partition coefficient (Wildman–Crippen LogP) is 1.30. The molecule has 0 atom stereocenters. The Morgan fingerprint density at radius 3 is 2.40 bits per heavy atom. The van der Waals surface area contributed by atoms with Gasteiger partial charge in [-0.05, 0) is 6.07 Å². The van der Waals surface area contributed by atoms with Gasteiger partial charge in [-0.1, -0.05) is 0 Å². The van der Waals surface area contributed by atoms with Crippen molar-refractivity contribution in [1.82, 2.24) is 10.2 Å². The van der Waals surface area contributed by atoms with Crippen LogP contribution in [-0.2, 0) is 6.18 Å². The van der Waals surface area contributed by atoms with E-state index in [1.54, 1.807) is 0 Å². The summed E-state index contributed by atoms with van der Waals surface area (Å²) >= 11 is 0. The molecule has 1 aromatic heterocycles. The third-order valence-electron chi connectivity index (χ3n) is 0.860. The van der Waals surface area contributed by atoms with Crippen LogP contribution in [0.2, 0.25) is 0 Å². The van der Waals surface area contributed by atoms with E-state index in [1.165, 1.54) is 0 Å². The highest BCUT2D eigenvalue weighted by molar-refractivity contribution is 5.08. The number of hydrogen-bond donors (Lipinski definition) is 0. The Balaban J connectivity index is 2.97. The number of nitrogens with zero attached hydrogens (tertiary/aromatic N) is 2. The van der Waals surface area contributed by atoms with Crippen molar-refractivity contribution in [3.05, 3.63) is 24.0 Å². The summed E-state index contributed by atoms with van der Waals surface area (Å²) in [7, 11) is 0. The van der Waals surface area contributed by atoms with Gasteiger partial charge in [0, 0.05) is 0 Å². The lowest BCUT2D eigenvalue weighted by Gasteiger charge is -2.02. The SMILES string of the molecule is FC(F)(F)c1c[c]nnc1. The maximum absolute atomic E-state index is 11.7. The standard InChI is InChI=1S/C5H2F3N2/c6-5(7,8)4-1-2-9-10-3-4/h1,3H. The zero-order valence-electron chi connectivity index (χ0n) is 4.68. The van der Waals surface area contributed by atoms with Crippen molar-refractivity contribution in [3.8, 4) is 0 Å². The van der Waals surface area contributed by atoms with Gasteiger partial charge in [0.05, 0.1) is 11.8 Å². The van der Waals surface area contributed by atoms with Crippen molar-refractivity contribution in [2.24, 2.45) is 0 Å². The molecule has 0 unspecified atom stereocenters. The maximum atomic E-state index is 11.7. The van der Waals surface area contributed by atoms with Crippen molar-refractivity contribution in [1.29, 1.82) is 0 Å². The van der Waals surface area contributed by atoms with Gasteiger partial charge >= 0.3 is 6.18 Å². The fourth-order valence-electron chi connectivity index (χ4n) is 0.415. The van der Waals surface area contributed by atoms with Gasteiger partial charge in [-0.25, -0.2) is 0 Å². The lowest BCUT2D eigenvalue weighted by atomic mass is 10.3. The van der Waals surface area contributed by atoms with E-state index in [1.807, 2.05) is 6.20 Å². The van der Waals surface area contributed by atoms with Crippen LogP contribution in [0.3, 0.4) is 0 Å². The molecule has 1 radical (unpaired) electrons. The zero-order chi connectivity index (χ0) is 7.61. The Bertz CT molecular complexity index is 206. The molecule has 0 saturated heterocycles. The molecule has 1 rings (SSSR count). The van der Waals surface area contributed by atoms with Crippen LogP contribution in [0.25, 0.3) is 0 Å². The molecule has 0 N–H and O–H groups in total. The number of aromatic nitrogens is 2. The molecule has 0 aliphatic heterocycles. The molecule has 2 nitrogen and oxygen atoms in total. The molecule has 0 bridgehead atoms. The van der Waals surface area contributed by atoms with Gasteiger partial charge in [-0.3, -0.25) is 0 Å². The first-order chi connectivity index (χ1) is 4.61. The highest BCUT2D eigenvalue weighted by atomic mass is 19.4. The van der Waals surface area contributed by atoms with Gasteiger partial charge < -0.3 is 0 Å². The van der Waals surface area contributed by atoms with E-state index < -0.39 is 11.7 Å². The molecule has 0 spiro atoms. The minimum atomic E-state index is -4.34. The van der Waals surface area contributed by atoms with Crippen molar-refractivity contribution < 1.29 is 13.2 Å². The normalized spacial score (nSPS) is 11.5. The summed E-state index contributed by atoms with van der Waals surface area (Å²) in [6.07, 6.45) is -1.71. The van der Waals surface area contributed by atoms with Crippen LogP contribution in [0.4, 0.5) is 13.2 Å². The first-order valence-electron chi connectivity index (χ1n) is 2.36. The Labute approximate surface area is 54.7 Å². The molecule has 0 amide bonds. The Hall–Kier alpha value is -1.13. The van der Waals surface area contributed by atoms with Crippen LogP contribution in [0, 0.1) is 6.20 Å². The molecule has 0 aromatic carbocycles. The monoisotopic (exact) mass is 147 g/mol. The fraction of sp³-hybridized carbons (Fsp3) is 0.200. The molecule has 0 fully saturated rings. The van der Waals surface area contributed by atoms with Crippen LogP contribution < -0.4 is 0 Å². The fourth-order valence-corrected chi connectivity index (χ4v) is 0.415. The summed E-state index contributed by atoms with van der Waals surface area (Å²) in [6, 6.07) is 0.743. The Morgan fingerprint density at radius 1 is 1.40 bits per heavy atom. The molecule has 53 valence electrons. The largest absolute Gasteiger partial charge is 0.418 e. The second kappa shape index (κ2) is 2.24. The minimum Gasteiger partial charge on any atom is -0.166 e. The Kier molecular flexibility index (Phi) is 1.57. The predicted molar refractivity (Wildman–Crippen MR) is 25.9 cm³/mol. The number of alkyl halides is 3. The summed E-state index contributed by atoms with van der Waals surface area (Å²) in [5, 5.41) is 6.11. The number of rotatable bonds is 0. The van der Waals surface area contributed by atoms with Crippen LogP contribution in [0.15, 0.2) is 12.3 Å². The summed E-state index contributed by atoms with van der Waals surface area (Å²) < 4.78 is 35.1. The lowest BCUT2D eigenvalue weighted by Crippen LogP contribution is -2.05. The van der Waals surface area contributed by atoms with Gasteiger partial charge in [0.15, 0.2) is 0 Å². The summed E-state index contributed by atoms with van der Waals surface area (Å²) in [5.41, 5.74) is -0.831.